The number of nitrogens with zero attached hydrogens (tertiary/aromatic N) is 1. The number of ether oxygens (including phenoxy) is 2. The maximum atomic E-state index is 13.0. The molecule has 0 radical (unpaired) electrons. The minimum Gasteiger partial charge on any atom is -0.486 e. The molecule has 0 aliphatic carbocycles. The first-order valence-electron chi connectivity index (χ1n) is 9.72. The molecule has 0 fully saturated rings. The summed E-state index contributed by atoms with van der Waals surface area (Å²) >= 11 is 0. The van der Waals surface area contributed by atoms with Crippen molar-refractivity contribution in [1.29, 1.82) is 0 Å². The zero-order valence-electron chi connectivity index (χ0n) is 17.2. The molecule has 3 aromatic rings. The number of anilines is 2. The number of amides is 1. The fourth-order valence-electron chi connectivity index (χ4n) is 3.29. The summed E-state index contributed by atoms with van der Waals surface area (Å²) in [6, 6.07) is 18.3. The van der Waals surface area contributed by atoms with Crippen LogP contribution >= 0.6 is 0 Å². The maximum Gasteiger partial charge on any atom is 0.264 e. The molecule has 1 N–H and O–H groups in total. The minimum absolute atomic E-state index is 0.183. The molecule has 1 aliphatic heterocycles. The molecule has 160 valence electrons. The number of hydrogen-bond acceptors (Lipinski definition) is 5. The summed E-state index contributed by atoms with van der Waals surface area (Å²) in [4.78, 5) is 13.0. The Bertz CT molecular complexity index is 1230. The summed E-state index contributed by atoms with van der Waals surface area (Å²) in [5.74, 6) is 0.848. The summed E-state index contributed by atoms with van der Waals surface area (Å²) in [6.07, 6.45) is 0. The van der Waals surface area contributed by atoms with Gasteiger partial charge in [0.1, 0.15) is 13.2 Å². The molecular weight excluding hydrogens is 416 g/mol. The fraction of sp³-hybridized carbons (Fsp3) is 0.174. The molecule has 0 atom stereocenters. The first kappa shape index (κ1) is 20.7. The molecule has 31 heavy (non-hydrogen) atoms. The van der Waals surface area contributed by atoms with Crippen LogP contribution < -0.4 is 19.1 Å². The van der Waals surface area contributed by atoms with Gasteiger partial charge < -0.3 is 14.8 Å². The van der Waals surface area contributed by atoms with Crippen molar-refractivity contribution in [3.63, 3.8) is 0 Å². The van der Waals surface area contributed by atoms with E-state index in [0.29, 0.717) is 41.7 Å². The van der Waals surface area contributed by atoms with E-state index in [-0.39, 0.29) is 10.8 Å². The number of rotatable bonds is 5. The van der Waals surface area contributed by atoms with E-state index in [1.165, 1.54) is 11.4 Å². The molecule has 0 aromatic heterocycles. The number of carbonyl (C=O) groups is 1. The largest absolute Gasteiger partial charge is 0.486 e. The van der Waals surface area contributed by atoms with Crippen LogP contribution in [-0.4, -0.2) is 34.6 Å². The molecule has 0 unspecified atom stereocenters. The smallest absolute Gasteiger partial charge is 0.264 e. The van der Waals surface area contributed by atoms with Crippen LogP contribution in [0.1, 0.15) is 15.9 Å². The number of sulfonamides is 1. The molecule has 1 heterocycles. The molecule has 3 aromatic carbocycles. The lowest BCUT2D eigenvalue weighted by atomic mass is 10.1. The molecule has 0 bridgehead atoms. The Kier molecular flexibility index (Phi) is 5.56. The summed E-state index contributed by atoms with van der Waals surface area (Å²) in [7, 11) is -2.28. The Morgan fingerprint density at radius 3 is 2.39 bits per heavy atom. The standard InChI is InChI=1S/C23H22N2O5S/c1-16-8-9-17(14-20(16)25(2)31(27,28)19-6-4-3-5-7-19)23(26)24-18-10-11-21-22(15-18)30-13-12-29-21/h3-11,14-15H,12-13H2,1-2H3,(H,24,26). The summed E-state index contributed by atoms with van der Waals surface area (Å²) in [5, 5.41) is 2.82. The van der Waals surface area contributed by atoms with Crippen LogP contribution in [0.2, 0.25) is 0 Å². The highest BCUT2D eigenvalue weighted by Crippen LogP contribution is 2.33. The summed E-state index contributed by atoms with van der Waals surface area (Å²) in [6.45, 7) is 2.74. The molecule has 4 rings (SSSR count). The topological polar surface area (TPSA) is 84.9 Å². The number of benzene rings is 3. The average Bonchev–Trinajstić information content (AvgIpc) is 2.79. The molecule has 8 heteroatoms. The predicted molar refractivity (Wildman–Crippen MR) is 119 cm³/mol. The van der Waals surface area contributed by atoms with Crippen molar-refractivity contribution in [2.24, 2.45) is 0 Å². The van der Waals surface area contributed by atoms with Gasteiger partial charge in [-0.1, -0.05) is 24.3 Å². The van der Waals surface area contributed by atoms with E-state index in [9.17, 15) is 13.2 Å². The van der Waals surface area contributed by atoms with Gasteiger partial charge in [0.25, 0.3) is 15.9 Å². The Morgan fingerprint density at radius 2 is 1.65 bits per heavy atom. The van der Waals surface area contributed by atoms with Crippen molar-refractivity contribution < 1.29 is 22.7 Å². The quantitative estimate of drug-likeness (QED) is 0.654. The van der Waals surface area contributed by atoms with Crippen molar-refractivity contribution in [3.8, 4) is 11.5 Å². The second-order valence-corrected chi connectivity index (χ2v) is 9.07. The Labute approximate surface area is 181 Å². The summed E-state index contributed by atoms with van der Waals surface area (Å²) in [5.41, 5.74) is 2.06. The van der Waals surface area contributed by atoms with Crippen LogP contribution in [0.15, 0.2) is 71.6 Å². The van der Waals surface area contributed by atoms with Crippen molar-refractivity contribution in [2.45, 2.75) is 11.8 Å². The molecule has 0 saturated carbocycles. The third-order valence-electron chi connectivity index (χ3n) is 5.01. The monoisotopic (exact) mass is 438 g/mol. The second kappa shape index (κ2) is 8.31. The molecule has 1 amide bonds. The second-order valence-electron chi connectivity index (χ2n) is 7.10. The Hall–Kier alpha value is -3.52. The molecule has 7 nitrogen and oxygen atoms in total. The normalized spacial score (nSPS) is 12.8. The third-order valence-corrected chi connectivity index (χ3v) is 6.80. The lowest BCUT2D eigenvalue weighted by Gasteiger charge is -2.22. The number of fused-ring (bicyclic) bond motifs is 1. The van der Waals surface area contributed by atoms with Gasteiger partial charge in [-0.2, -0.15) is 0 Å². The highest BCUT2D eigenvalue weighted by molar-refractivity contribution is 7.92. The first-order valence-corrected chi connectivity index (χ1v) is 11.2. The van der Waals surface area contributed by atoms with Gasteiger partial charge in [-0.15, -0.1) is 0 Å². The lowest BCUT2D eigenvalue weighted by molar-refractivity contribution is 0.102. The third kappa shape index (κ3) is 4.20. The van der Waals surface area contributed by atoms with E-state index in [4.69, 9.17) is 9.47 Å². The van der Waals surface area contributed by atoms with E-state index < -0.39 is 10.0 Å². The average molecular weight is 439 g/mol. The van der Waals surface area contributed by atoms with Crippen LogP contribution in [0.3, 0.4) is 0 Å². The van der Waals surface area contributed by atoms with Gasteiger partial charge in [-0.3, -0.25) is 9.10 Å². The SMILES string of the molecule is Cc1ccc(C(=O)Nc2ccc3c(c2)OCCO3)cc1N(C)S(=O)(=O)c1ccccc1. The molecular formula is C23H22N2O5S. The minimum atomic E-state index is -3.75. The predicted octanol–water partition coefficient (Wildman–Crippen LogP) is 3.84. The molecule has 0 saturated heterocycles. The van der Waals surface area contributed by atoms with Crippen LogP contribution in [0, 0.1) is 6.92 Å². The van der Waals surface area contributed by atoms with Crippen molar-refractivity contribution in [2.75, 3.05) is 29.9 Å². The van der Waals surface area contributed by atoms with Crippen molar-refractivity contribution in [3.05, 3.63) is 77.9 Å². The van der Waals surface area contributed by atoms with E-state index >= 15 is 0 Å². The fourth-order valence-corrected chi connectivity index (χ4v) is 4.57. The van der Waals surface area contributed by atoms with Crippen LogP contribution in [0.5, 0.6) is 11.5 Å². The van der Waals surface area contributed by atoms with Gasteiger partial charge in [0.2, 0.25) is 0 Å². The zero-order chi connectivity index (χ0) is 22.0. The highest BCUT2D eigenvalue weighted by Gasteiger charge is 2.23. The van der Waals surface area contributed by atoms with Crippen molar-refractivity contribution >= 4 is 27.3 Å². The van der Waals surface area contributed by atoms with Gasteiger partial charge in [0.15, 0.2) is 11.5 Å². The molecule has 0 spiro atoms. The van der Waals surface area contributed by atoms with Gasteiger partial charge in [0.05, 0.1) is 10.6 Å². The van der Waals surface area contributed by atoms with E-state index in [0.717, 1.165) is 5.56 Å². The molecule has 1 aliphatic rings. The zero-order valence-corrected chi connectivity index (χ0v) is 18.0. The van der Waals surface area contributed by atoms with Crippen LogP contribution in [0.4, 0.5) is 11.4 Å². The highest BCUT2D eigenvalue weighted by atomic mass is 32.2. The van der Waals surface area contributed by atoms with Gasteiger partial charge in [-0.05, 0) is 48.9 Å². The number of carbonyl (C=O) groups excluding carboxylic acids is 1. The van der Waals surface area contributed by atoms with E-state index in [2.05, 4.69) is 5.32 Å². The van der Waals surface area contributed by atoms with Crippen molar-refractivity contribution in [1.82, 2.24) is 0 Å². The Morgan fingerprint density at radius 1 is 0.935 bits per heavy atom. The van der Waals surface area contributed by atoms with Gasteiger partial charge in [-0.25, -0.2) is 8.42 Å². The summed E-state index contributed by atoms with van der Waals surface area (Å²) < 4.78 is 38.2. The van der Waals surface area contributed by atoms with E-state index in [1.54, 1.807) is 73.7 Å². The Balaban J connectivity index is 1.59. The van der Waals surface area contributed by atoms with Crippen LogP contribution in [-0.2, 0) is 10.0 Å². The number of hydrogen-bond donors (Lipinski definition) is 1. The first-order chi connectivity index (χ1) is 14.9. The lowest BCUT2D eigenvalue weighted by Crippen LogP contribution is -2.27. The van der Waals surface area contributed by atoms with E-state index in [1.807, 2.05) is 0 Å². The maximum absolute atomic E-state index is 13.0. The van der Waals surface area contributed by atoms with Gasteiger partial charge >= 0.3 is 0 Å². The number of nitrogens with one attached hydrogen (secondary N) is 1. The van der Waals surface area contributed by atoms with Gasteiger partial charge in [0, 0.05) is 24.4 Å². The number of aryl methyl sites for hydroxylation is 1. The van der Waals surface area contributed by atoms with Crippen LogP contribution in [0.25, 0.3) is 0 Å².